The Morgan fingerprint density at radius 1 is 1.11 bits per heavy atom. The third-order valence-corrected chi connectivity index (χ3v) is 4.50. The Morgan fingerprint density at radius 3 is 2.41 bits per heavy atom. The molecule has 1 aliphatic rings. The first kappa shape index (κ1) is 18.8. The summed E-state index contributed by atoms with van der Waals surface area (Å²) in [5.41, 5.74) is 1.01. The van der Waals surface area contributed by atoms with Gasteiger partial charge < -0.3 is 10.2 Å². The molecule has 0 saturated carbocycles. The Hall–Kier alpha value is -3.03. The number of nitrogens with one attached hydrogen (secondary N) is 1. The van der Waals surface area contributed by atoms with Crippen LogP contribution in [0.4, 0.5) is 20.2 Å². The van der Waals surface area contributed by atoms with Gasteiger partial charge in [0.05, 0.1) is 4.92 Å². The summed E-state index contributed by atoms with van der Waals surface area (Å²) in [4.78, 5) is 25.1. The van der Waals surface area contributed by atoms with Gasteiger partial charge in [0.25, 0.3) is 11.6 Å². The Labute approximate surface area is 154 Å². The second-order valence-electron chi connectivity index (χ2n) is 6.44. The Kier molecular flexibility index (Phi) is 5.63. The van der Waals surface area contributed by atoms with Crippen LogP contribution in [0, 0.1) is 21.7 Å². The highest BCUT2D eigenvalue weighted by Crippen LogP contribution is 2.31. The minimum Gasteiger partial charge on any atom is -0.366 e. The number of rotatable bonds is 6. The largest absolute Gasteiger partial charge is 0.366 e. The van der Waals surface area contributed by atoms with Crippen molar-refractivity contribution in [3.05, 3.63) is 69.3 Å². The number of benzene rings is 2. The molecule has 1 saturated heterocycles. The first-order chi connectivity index (χ1) is 12.9. The van der Waals surface area contributed by atoms with E-state index in [4.69, 9.17) is 0 Å². The molecule has 142 valence electrons. The zero-order chi connectivity index (χ0) is 19.4. The summed E-state index contributed by atoms with van der Waals surface area (Å²) in [6, 6.07) is 7.60. The van der Waals surface area contributed by atoms with E-state index in [1.54, 1.807) is 12.1 Å². The van der Waals surface area contributed by atoms with Gasteiger partial charge in [-0.25, -0.2) is 8.78 Å². The summed E-state index contributed by atoms with van der Waals surface area (Å²) in [5, 5.41) is 14.0. The van der Waals surface area contributed by atoms with E-state index < -0.39 is 22.5 Å². The van der Waals surface area contributed by atoms with Crippen LogP contribution < -0.4 is 10.2 Å². The van der Waals surface area contributed by atoms with Crippen molar-refractivity contribution in [2.75, 3.05) is 24.5 Å². The van der Waals surface area contributed by atoms with Crippen molar-refractivity contribution in [2.24, 2.45) is 0 Å². The predicted octanol–water partition coefficient (Wildman–Crippen LogP) is 3.45. The van der Waals surface area contributed by atoms with E-state index >= 15 is 0 Å². The highest BCUT2D eigenvalue weighted by atomic mass is 19.1. The maximum atomic E-state index is 13.2. The highest BCUT2D eigenvalue weighted by molar-refractivity contribution is 5.95. The molecule has 8 heteroatoms. The van der Waals surface area contributed by atoms with Crippen LogP contribution in [-0.2, 0) is 6.42 Å². The first-order valence-corrected chi connectivity index (χ1v) is 8.70. The van der Waals surface area contributed by atoms with E-state index in [0.29, 0.717) is 11.3 Å². The first-order valence-electron chi connectivity index (χ1n) is 8.70. The van der Waals surface area contributed by atoms with Crippen molar-refractivity contribution in [1.29, 1.82) is 0 Å². The Bertz CT molecular complexity index is 847. The van der Waals surface area contributed by atoms with Gasteiger partial charge in [-0.2, -0.15) is 0 Å². The van der Waals surface area contributed by atoms with E-state index in [1.807, 2.05) is 4.90 Å². The van der Waals surface area contributed by atoms with E-state index in [9.17, 15) is 23.7 Å². The van der Waals surface area contributed by atoms with Gasteiger partial charge in [-0.3, -0.25) is 14.9 Å². The lowest BCUT2D eigenvalue weighted by atomic mass is 10.1. The molecular formula is C19H19F2N3O3. The topological polar surface area (TPSA) is 75.5 Å². The van der Waals surface area contributed by atoms with Gasteiger partial charge in [-0.15, -0.1) is 0 Å². The zero-order valence-electron chi connectivity index (χ0n) is 14.6. The Balaban J connectivity index is 1.67. The molecule has 2 aromatic rings. The van der Waals surface area contributed by atoms with Crippen LogP contribution in [0.5, 0.6) is 0 Å². The lowest BCUT2D eigenvalue weighted by molar-refractivity contribution is -0.384. The van der Waals surface area contributed by atoms with E-state index in [2.05, 4.69) is 5.32 Å². The van der Waals surface area contributed by atoms with Gasteiger partial charge in [0.15, 0.2) is 0 Å². The minimum atomic E-state index is -0.676. The number of carbonyl (C=O) groups excluding carboxylic acids is 1. The molecule has 0 aliphatic carbocycles. The van der Waals surface area contributed by atoms with Gasteiger partial charge in [-0.1, -0.05) is 0 Å². The molecule has 1 fully saturated rings. The lowest BCUT2D eigenvalue weighted by Crippen LogP contribution is -2.26. The third-order valence-electron chi connectivity index (χ3n) is 4.50. The maximum absolute atomic E-state index is 13.2. The van der Waals surface area contributed by atoms with Crippen molar-refractivity contribution >= 4 is 17.3 Å². The van der Waals surface area contributed by atoms with E-state index in [1.165, 1.54) is 18.2 Å². The van der Waals surface area contributed by atoms with Crippen LogP contribution in [-0.4, -0.2) is 30.5 Å². The summed E-state index contributed by atoms with van der Waals surface area (Å²) in [6.45, 7) is 1.68. The molecule has 27 heavy (non-hydrogen) atoms. The number of carbonyl (C=O) groups is 1. The third kappa shape index (κ3) is 4.58. The average molecular weight is 375 g/mol. The van der Waals surface area contributed by atoms with Gasteiger partial charge in [0.2, 0.25) is 0 Å². The molecule has 1 N–H and O–H groups in total. The molecule has 0 radical (unpaired) electrons. The van der Waals surface area contributed by atoms with Gasteiger partial charge in [-0.05, 0) is 49.1 Å². The van der Waals surface area contributed by atoms with Crippen molar-refractivity contribution in [3.63, 3.8) is 0 Å². The fourth-order valence-corrected chi connectivity index (χ4v) is 3.21. The summed E-state index contributed by atoms with van der Waals surface area (Å²) in [5.74, 6) is -1.82. The van der Waals surface area contributed by atoms with E-state index in [0.717, 1.165) is 32.0 Å². The van der Waals surface area contributed by atoms with Gasteiger partial charge >= 0.3 is 0 Å². The summed E-state index contributed by atoms with van der Waals surface area (Å²) >= 11 is 0. The average Bonchev–Trinajstić information content (AvgIpc) is 3.14. The zero-order valence-corrected chi connectivity index (χ0v) is 14.6. The molecule has 0 spiro atoms. The quantitative estimate of drug-likeness (QED) is 0.620. The molecule has 0 aromatic heterocycles. The highest BCUT2D eigenvalue weighted by Gasteiger charge is 2.23. The monoisotopic (exact) mass is 375 g/mol. The van der Waals surface area contributed by atoms with Crippen LogP contribution in [0.2, 0.25) is 0 Å². The van der Waals surface area contributed by atoms with Crippen molar-refractivity contribution in [3.8, 4) is 0 Å². The lowest BCUT2D eigenvalue weighted by Gasteiger charge is -2.17. The van der Waals surface area contributed by atoms with Crippen LogP contribution in [0.3, 0.4) is 0 Å². The molecule has 0 atom stereocenters. The van der Waals surface area contributed by atoms with Crippen molar-refractivity contribution in [2.45, 2.75) is 19.3 Å². The molecule has 6 nitrogen and oxygen atoms in total. The Morgan fingerprint density at radius 2 is 1.78 bits per heavy atom. The van der Waals surface area contributed by atoms with Crippen molar-refractivity contribution in [1.82, 2.24) is 5.32 Å². The fourth-order valence-electron chi connectivity index (χ4n) is 3.21. The van der Waals surface area contributed by atoms with E-state index in [-0.39, 0.29) is 24.2 Å². The molecular weight excluding hydrogens is 356 g/mol. The predicted molar refractivity (Wildman–Crippen MR) is 96.9 cm³/mol. The second kappa shape index (κ2) is 8.11. The number of hydrogen-bond acceptors (Lipinski definition) is 4. The summed E-state index contributed by atoms with van der Waals surface area (Å²) in [7, 11) is 0. The van der Waals surface area contributed by atoms with Crippen molar-refractivity contribution < 1.29 is 18.5 Å². The SMILES string of the molecule is O=C(NCCc1cc(F)cc(F)c1)c1ccc(N2CCCC2)c([N+](=O)[O-])c1. The summed E-state index contributed by atoms with van der Waals surface area (Å²) < 4.78 is 26.3. The van der Waals surface area contributed by atoms with Gasteiger partial charge in [0.1, 0.15) is 17.3 Å². The number of hydrogen-bond donors (Lipinski definition) is 1. The minimum absolute atomic E-state index is 0.100. The maximum Gasteiger partial charge on any atom is 0.293 e. The molecule has 1 heterocycles. The second-order valence-corrected chi connectivity index (χ2v) is 6.44. The van der Waals surface area contributed by atoms with Crippen LogP contribution in [0.25, 0.3) is 0 Å². The molecule has 0 bridgehead atoms. The standard InChI is InChI=1S/C19H19F2N3O3/c20-15-9-13(10-16(21)12-15)5-6-22-19(25)14-3-4-17(18(11-14)24(26)27)23-7-1-2-8-23/h3-4,9-12H,1-2,5-8H2,(H,22,25). The van der Waals surface area contributed by atoms with Crippen LogP contribution in [0.15, 0.2) is 36.4 Å². The fraction of sp³-hybridized carbons (Fsp3) is 0.316. The normalized spacial score (nSPS) is 13.6. The molecule has 1 aliphatic heterocycles. The number of nitrogens with zero attached hydrogens (tertiary/aromatic N) is 2. The van der Waals surface area contributed by atoms with Crippen LogP contribution in [0.1, 0.15) is 28.8 Å². The number of anilines is 1. The molecule has 3 rings (SSSR count). The molecule has 2 aromatic carbocycles. The molecule has 1 amide bonds. The number of amides is 1. The number of halogens is 2. The summed E-state index contributed by atoms with van der Waals surface area (Å²) in [6.07, 6.45) is 2.22. The smallest absolute Gasteiger partial charge is 0.293 e. The number of nitro benzene ring substituents is 1. The van der Waals surface area contributed by atoms with Crippen LogP contribution >= 0.6 is 0 Å². The number of nitro groups is 1. The molecule has 0 unspecified atom stereocenters. The van der Waals surface area contributed by atoms with Gasteiger partial charge in [0, 0.05) is 37.3 Å².